The zero-order valence-corrected chi connectivity index (χ0v) is 11.1. The molecular weight excluding hydrogens is 243 g/mol. The van der Waals surface area contributed by atoms with E-state index in [1.54, 1.807) is 12.1 Å². The van der Waals surface area contributed by atoms with Gasteiger partial charge in [0.25, 0.3) is 0 Å². The maximum absolute atomic E-state index is 12.9. The number of benzene rings is 1. The fourth-order valence-corrected chi connectivity index (χ4v) is 2.60. The van der Waals surface area contributed by atoms with Gasteiger partial charge in [0, 0.05) is 12.1 Å². The molecule has 0 fully saturated rings. The Morgan fingerprint density at radius 1 is 1.37 bits per heavy atom. The van der Waals surface area contributed by atoms with Gasteiger partial charge in [-0.15, -0.1) is 5.10 Å². The molecule has 1 aromatic heterocycles. The number of anilines is 1. The topological polar surface area (TPSA) is 42.7 Å². The van der Waals surface area contributed by atoms with E-state index >= 15 is 0 Å². The quantitative estimate of drug-likeness (QED) is 0.902. The molecule has 1 aliphatic rings. The molecule has 0 saturated heterocycles. The molecule has 0 aliphatic carbocycles. The third kappa shape index (κ3) is 2.09. The minimum absolute atomic E-state index is 0.245. The second-order valence-electron chi connectivity index (χ2n) is 5.04. The van der Waals surface area contributed by atoms with Crippen LogP contribution >= 0.6 is 0 Å². The van der Waals surface area contributed by atoms with E-state index in [-0.39, 0.29) is 5.82 Å². The van der Waals surface area contributed by atoms with Gasteiger partial charge in [0.05, 0.1) is 6.04 Å². The number of hydrogen-bond acceptors (Lipinski definition) is 3. The molecule has 1 N–H and O–H groups in total. The van der Waals surface area contributed by atoms with Crippen molar-refractivity contribution in [3.05, 3.63) is 30.1 Å². The first-order valence-corrected chi connectivity index (χ1v) is 6.65. The Morgan fingerprint density at radius 3 is 2.79 bits per heavy atom. The molecule has 1 aliphatic heterocycles. The third-order valence-corrected chi connectivity index (χ3v) is 3.71. The van der Waals surface area contributed by atoms with E-state index in [9.17, 15) is 4.39 Å². The summed E-state index contributed by atoms with van der Waals surface area (Å²) in [6.45, 7) is 5.29. The summed E-state index contributed by atoms with van der Waals surface area (Å²) in [4.78, 5) is 4.50. The molecule has 2 unspecified atom stereocenters. The number of nitrogens with zero attached hydrogens (tertiary/aromatic N) is 3. The van der Waals surface area contributed by atoms with Crippen molar-refractivity contribution in [1.82, 2.24) is 14.8 Å². The van der Waals surface area contributed by atoms with Gasteiger partial charge in [-0.25, -0.2) is 9.07 Å². The van der Waals surface area contributed by atoms with Crippen molar-refractivity contribution in [3.63, 3.8) is 0 Å². The van der Waals surface area contributed by atoms with E-state index < -0.39 is 0 Å². The van der Waals surface area contributed by atoms with Gasteiger partial charge in [-0.2, -0.15) is 4.98 Å². The van der Waals surface area contributed by atoms with Gasteiger partial charge in [-0.05, 0) is 36.6 Å². The molecule has 0 bridgehead atoms. The molecule has 5 heteroatoms. The van der Waals surface area contributed by atoms with Crippen LogP contribution in [0.5, 0.6) is 0 Å². The molecule has 1 aromatic carbocycles. The van der Waals surface area contributed by atoms with Gasteiger partial charge < -0.3 is 5.32 Å². The highest BCUT2D eigenvalue weighted by atomic mass is 19.1. The minimum atomic E-state index is -0.245. The average Bonchev–Trinajstić information content (AvgIpc) is 2.83. The summed E-state index contributed by atoms with van der Waals surface area (Å²) in [7, 11) is 0. The second-order valence-corrected chi connectivity index (χ2v) is 5.04. The van der Waals surface area contributed by atoms with Crippen molar-refractivity contribution < 1.29 is 4.39 Å². The summed E-state index contributed by atoms with van der Waals surface area (Å²) >= 11 is 0. The summed E-state index contributed by atoms with van der Waals surface area (Å²) in [5.74, 6) is 1.74. The van der Waals surface area contributed by atoms with Gasteiger partial charge in [0.15, 0.2) is 5.82 Å². The van der Waals surface area contributed by atoms with Crippen LogP contribution in [-0.4, -0.2) is 21.3 Å². The van der Waals surface area contributed by atoms with Crippen LogP contribution in [0.4, 0.5) is 10.3 Å². The third-order valence-electron chi connectivity index (χ3n) is 3.71. The maximum atomic E-state index is 12.9. The maximum Gasteiger partial charge on any atom is 0.221 e. The first kappa shape index (κ1) is 12.1. The Hall–Kier alpha value is -1.91. The van der Waals surface area contributed by atoms with Crippen LogP contribution in [0, 0.1) is 11.7 Å². The number of rotatable bonds is 2. The van der Waals surface area contributed by atoms with Gasteiger partial charge in [-0.1, -0.05) is 13.8 Å². The van der Waals surface area contributed by atoms with Gasteiger partial charge in [-0.3, -0.25) is 0 Å². The van der Waals surface area contributed by atoms with Crippen molar-refractivity contribution in [3.8, 4) is 11.4 Å². The van der Waals surface area contributed by atoms with E-state index in [0.717, 1.165) is 24.5 Å². The summed E-state index contributed by atoms with van der Waals surface area (Å²) in [6.07, 6.45) is 1.03. The van der Waals surface area contributed by atoms with E-state index in [2.05, 4.69) is 29.2 Å². The molecule has 0 amide bonds. The van der Waals surface area contributed by atoms with E-state index in [4.69, 9.17) is 0 Å². The molecular formula is C14H17FN4. The summed E-state index contributed by atoms with van der Waals surface area (Å²) < 4.78 is 14.9. The Morgan fingerprint density at radius 2 is 2.11 bits per heavy atom. The van der Waals surface area contributed by atoms with Crippen LogP contribution in [0.15, 0.2) is 24.3 Å². The summed E-state index contributed by atoms with van der Waals surface area (Å²) in [5, 5.41) is 7.87. The minimum Gasteiger partial charge on any atom is -0.354 e. The molecule has 19 heavy (non-hydrogen) atoms. The highest BCUT2D eigenvalue weighted by molar-refractivity contribution is 5.56. The Kier molecular flexibility index (Phi) is 2.97. The van der Waals surface area contributed by atoms with E-state index in [0.29, 0.717) is 17.8 Å². The standard InChI is InChI=1S/C14H17FN4/c1-3-12-9(2)8-16-14-17-13(18-19(12)14)10-4-6-11(15)7-5-10/h4-7,9,12H,3,8H2,1-2H3,(H,16,17,18). The van der Waals surface area contributed by atoms with Crippen LogP contribution in [0.3, 0.4) is 0 Å². The fourth-order valence-electron chi connectivity index (χ4n) is 2.60. The SMILES string of the molecule is CCC1C(C)CNc2nc(-c3ccc(F)cc3)nn21. The van der Waals surface area contributed by atoms with E-state index in [1.165, 1.54) is 12.1 Å². The number of nitrogens with one attached hydrogen (secondary N) is 1. The average molecular weight is 260 g/mol. The zero-order chi connectivity index (χ0) is 13.4. The molecule has 100 valence electrons. The summed E-state index contributed by atoms with van der Waals surface area (Å²) in [6, 6.07) is 6.66. The lowest BCUT2D eigenvalue weighted by Crippen LogP contribution is -2.31. The van der Waals surface area contributed by atoms with Crippen molar-refractivity contribution in [1.29, 1.82) is 0 Å². The molecule has 0 saturated carbocycles. The Balaban J connectivity index is 2.00. The van der Waals surface area contributed by atoms with Gasteiger partial charge in [0.2, 0.25) is 5.95 Å². The van der Waals surface area contributed by atoms with Crippen molar-refractivity contribution in [2.45, 2.75) is 26.3 Å². The number of halogens is 1. The van der Waals surface area contributed by atoms with Crippen LogP contribution in [0.2, 0.25) is 0 Å². The van der Waals surface area contributed by atoms with Crippen molar-refractivity contribution in [2.24, 2.45) is 5.92 Å². The first-order chi connectivity index (χ1) is 9.19. The smallest absolute Gasteiger partial charge is 0.221 e. The lowest BCUT2D eigenvalue weighted by Gasteiger charge is -2.29. The van der Waals surface area contributed by atoms with Crippen LogP contribution in [0.25, 0.3) is 11.4 Å². The lowest BCUT2D eigenvalue weighted by atomic mass is 9.98. The number of hydrogen-bond donors (Lipinski definition) is 1. The molecule has 4 nitrogen and oxygen atoms in total. The van der Waals surface area contributed by atoms with Gasteiger partial charge in [0.1, 0.15) is 5.82 Å². The van der Waals surface area contributed by atoms with Crippen LogP contribution in [-0.2, 0) is 0 Å². The predicted octanol–water partition coefficient (Wildman–Crippen LogP) is 3.10. The van der Waals surface area contributed by atoms with Gasteiger partial charge >= 0.3 is 0 Å². The van der Waals surface area contributed by atoms with Crippen molar-refractivity contribution in [2.75, 3.05) is 11.9 Å². The Labute approximate surface area is 111 Å². The largest absolute Gasteiger partial charge is 0.354 e. The molecule has 0 spiro atoms. The Bertz CT molecular complexity index is 576. The molecule has 3 rings (SSSR count). The zero-order valence-electron chi connectivity index (χ0n) is 11.1. The first-order valence-electron chi connectivity index (χ1n) is 6.65. The number of fused-ring (bicyclic) bond motifs is 1. The molecule has 2 aromatic rings. The normalized spacial score (nSPS) is 21.8. The van der Waals surface area contributed by atoms with Crippen LogP contribution < -0.4 is 5.32 Å². The number of aromatic nitrogens is 3. The second kappa shape index (κ2) is 4.64. The highest BCUT2D eigenvalue weighted by Crippen LogP contribution is 2.30. The monoisotopic (exact) mass is 260 g/mol. The molecule has 2 atom stereocenters. The predicted molar refractivity (Wildman–Crippen MR) is 72.4 cm³/mol. The lowest BCUT2D eigenvalue weighted by molar-refractivity contribution is 0.312. The summed E-state index contributed by atoms with van der Waals surface area (Å²) in [5.41, 5.74) is 0.840. The fraction of sp³-hybridized carbons (Fsp3) is 0.429. The molecule has 0 radical (unpaired) electrons. The highest BCUT2D eigenvalue weighted by Gasteiger charge is 2.27. The van der Waals surface area contributed by atoms with E-state index in [1.807, 2.05) is 4.68 Å². The van der Waals surface area contributed by atoms with Crippen LogP contribution in [0.1, 0.15) is 26.3 Å². The van der Waals surface area contributed by atoms with Crippen molar-refractivity contribution >= 4 is 5.95 Å². The molecule has 2 heterocycles.